The van der Waals surface area contributed by atoms with E-state index in [-0.39, 0.29) is 25.2 Å². The first-order valence-corrected chi connectivity index (χ1v) is 9.52. The molecule has 2 heterocycles. The molecule has 6 nitrogen and oxygen atoms in total. The van der Waals surface area contributed by atoms with Gasteiger partial charge in [0.15, 0.2) is 0 Å². The Labute approximate surface area is 164 Å². The van der Waals surface area contributed by atoms with Crippen LogP contribution in [0.25, 0.3) is 0 Å². The van der Waals surface area contributed by atoms with Crippen LogP contribution in [0.1, 0.15) is 17.5 Å². The summed E-state index contributed by atoms with van der Waals surface area (Å²) in [4.78, 5) is 27.0. The summed E-state index contributed by atoms with van der Waals surface area (Å²) in [7, 11) is 0. The Kier molecular flexibility index (Phi) is 5.58. The first-order valence-electron chi connectivity index (χ1n) is 9.52. The number of benzene rings is 2. The van der Waals surface area contributed by atoms with Crippen LogP contribution in [0.4, 0.5) is 4.79 Å². The van der Waals surface area contributed by atoms with E-state index in [1.165, 1.54) is 4.90 Å². The van der Waals surface area contributed by atoms with Gasteiger partial charge in [-0.15, -0.1) is 0 Å². The number of hydrogen-bond donors (Lipinski definition) is 0. The van der Waals surface area contributed by atoms with Crippen LogP contribution in [-0.2, 0) is 32.2 Å². The molecule has 3 atom stereocenters. The lowest BCUT2D eigenvalue weighted by molar-refractivity contribution is -0.151. The second-order valence-electron chi connectivity index (χ2n) is 7.09. The lowest BCUT2D eigenvalue weighted by atomic mass is 9.97. The average Bonchev–Trinajstić information content (AvgIpc) is 3.33. The summed E-state index contributed by atoms with van der Waals surface area (Å²) in [6.45, 7) is 1.30. The van der Waals surface area contributed by atoms with Crippen LogP contribution in [0, 0.1) is 5.92 Å². The van der Waals surface area contributed by atoms with E-state index in [9.17, 15) is 9.59 Å². The number of carbonyl (C=O) groups excluding carboxylic acids is 2. The number of rotatable bonds is 5. The zero-order valence-electron chi connectivity index (χ0n) is 15.5. The van der Waals surface area contributed by atoms with E-state index < -0.39 is 18.1 Å². The molecule has 6 heteroatoms. The van der Waals surface area contributed by atoms with Gasteiger partial charge in [0.05, 0.1) is 12.6 Å². The summed E-state index contributed by atoms with van der Waals surface area (Å²) in [6.07, 6.45) is 0.0835. The molecule has 2 aromatic carbocycles. The summed E-state index contributed by atoms with van der Waals surface area (Å²) >= 11 is 0. The number of likely N-dealkylation sites (tertiary alicyclic amines) is 1. The highest BCUT2D eigenvalue weighted by molar-refractivity contribution is 5.83. The van der Waals surface area contributed by atoms with Crippen LogP contribution in [0.3, 0.4) is 0 Å². The van der Waals surface area contributed by atoms with E-state index >= 15 is 0 Å². The Hall–Kier alpha value is -2.86. The summed E-state index contributed by atoms with van der Waals surface area (Å²) < 4.78 is 16.7. The van der Waals surface area contributed by atoms with E-state index in [0.29, 0.717) is 13.2 Å². The molecule has 2 aliphatic heterocycles. The Bertz CT molecular complexity index is 810. The molecule has 1 amide bonds. The predicted octanol–water partition coefficient (Wildman–Crippen LogP) is 3.16. The van der Waals surface area contributed by atoms with Crippen LogP contribution in [0.5, 0.6) is 0 Å². The van der Waals surface area contributed by atoms with Crippen LogP contribution >= 0.6 is 0 Å². The van der Waals surface area contributed by atoms with Gasteiger partial charge in [0.1, 0.15) is 19.3 Å². The van der Waals surface area contributed by atoms with Gasteiger partial charge in [-0.25, -0.2) is 9.59 Å². The third kappa shape index (κ3) is 4.02. The maximum Gasteiger partial charge on any atom is 0.410 e. The van der Waals surface area contributed by atoms with Crippen molar-refractivity contribution in [3.05, 3.63) is 71.8 Å². The van der Waals surface area contributed by atoms with Crippen molar-refractivity contribution in [2.75, 3.05) is 13.2 Å². The van der Waals surface area contributed by atoms with Gasteiger partial charge in [-0.1, -0.05) is 60.7 Å². The van der Waals surface area contributed by atoms with Gasteiger partial charge in [-0.2, -0.15) is 0 Å². The van der Waals surface area contributed by atoms with Gasteiger partial charge in [-0.3, -0.25) is 4.90 Å². The zero-order chi connectivity index (χ0) is 19.3. The first kappa shape index (κ1) is 18.5. The Balaban J connectivity index is 1.41. The molecule has 0 radical (unpaired) electrons. The molecule has 3 unspecified atom stereocenters. The normalized spacial score (nSPS) is 23.3. The average molecular weight is 381 g/mol. The van der Waals surface area contributed by atoms with Gasteiger partial charge in [0.2, 0.25) is 0 Å². The third-order valence-corrected chi connectivity index (χ3v) is 5.28. The maximum atomic E-state index is 12.8. The van der Waals surface area contributed by atoms with E-state index in [1.54, 1.807) is 0 Å². The largest absolute Gasteiger partial charge is 0.459 e. The predicted molar refractivity (Wildman–Crippen MR) is 101 cm³/mol. The fourth-order valence-corrected chi connectivity index (χ4v) is 3.86. The van der Waals surface area contributed by atoms with Crippen molar-refractivity contribution in [2.24, 2.45) is 5.92 Å². The van der Waals surface area contributed by atoms with Crippen molar-refractivity contribution >= 4 is 12.1 Å². The van der Waals surface area contributed by atoms with E-state index in [4.69, 9.17) is 14.2 Å². The smallest absolute Gasteiger partial charge is 0.410 e. The highest BCUT2D eigenvalue weighted by Crippen LogP contribution is 2.35. The number of ether oxygens (including phenoxy) is 3. The summed E-state index contributed by atoms with van der Waals surface area (Å²) in [5.74, 6) is -0.453. The second kappa shape index (κ2) is 8.44. The van der Waals surface area contributed by atoms with Crippen LogP contribution in [0.2, 0.25) is 0 Å². The number of nitrogens with zero attached hydrogens (tertiary/aromatic N) is 1. The monoisotopic (exact) mass is 381 g/mol. The highest BCUT2D eigenvalue weighted by atomic mass is 16.6. The topological polar surface area (TPSA) is 65.1 Å². The number of hydrogen-bond acceptors (Lipinski definition) is 5. The number of fused-ring (bicyclic) bond motifs is 1. The molecular weight excluding hydrogens is 358 g/mol. The van der Waals surface area contributed by atoms with Crippen molar-refractivity contribution in [3.63, 3.8) is 0 Å². The number of carbonyl (C=O) groups is 2. The Morgan fingerprint density at radius 2 is 1.54 bits per heavy atom. The number of esters is 1. The molecule has 2 aromatic rings. The summed E-state index contributed by atoms with van der Waals surface area (Å²) in [6, 6.07) is 18.3. The first-order chi connectivity index (χ1) is 13.7. The van der Waals surface area contributed by atoms with E-state index in [0.717, 1.165) is 17.5 Å². The molecule has 0 aliphatic carbocycles. The molecule has 0 saturated carbocycles. The minimum Gasteiger partial charge on any atom is -0.459 e. The standard InChI is InChI=1S/C22H23NO5/c24-21(27-14-16-7-3-1-4-8-16)20-18-11-12-26-19(18)13-23(20)22(25)28-15-17-9-5-2-6-10-17/h1-10,18-20H,11-15H2. The molecule has 0 spiro atoms. The van der Waals surface area contributed by atoms with Gasteiger partial charge < -0.3 is 14.2 Å². The third-order valence-electron chi connectivity index (χ3n) is 5.28. The molecule has 2 saturated heterocycles. The Morgan fingerprint density at radius 1 is 0.929 bits per heavy atom. The molecule has 2 aliphatic rings. The highest BCUT2D eigenvalue weighted by Gasteiger charge is 2.52. The van der Waals surface area contributed by atoms with Crippen molar-refractivity contribution < 1.29 is 23.8 Å². The van der Waals surface area contributed by atoms with Crippen molar-refractivity contribution in [3.8, 4) is 0 Å². The Morgan fingerprint density at radius 3 is 2.18 bits per heavy atom. The molecule has 4 rings (SSSR count). The fraction of sp³-hybridized carbons (Fsp3) is 0.364. The molecular formula is C22H23NO5. The number of amides is 1. The van der Waals surface area contributed by atoms with Crippen LogP contribution < -0.4 is 0 Å². The molecule has 0 N–H and O–H groups in total. The molecule has 0 aromatic heterocycles. The van der Waals surface area contributed by atoms with E-state index in [1.807, 2.05) is 60.7 Å². The minimum atomic E-state index is -0.667. The zero-order valence-corrected chi connectivity index (χ0v) is 15.5. The fourth-order valence-electron chi connectivity index (χ4n) is 3.86. The van der Waals surface area contributed by atoms with E-state index in [2.05, 4.69) is 0 Å². The van der Waals surface area contributed by atoms with Crippen molar-refractivity contribution in [2.45, 2.75) is 31.8 Å². The maximum absolute atomic E-state index is 12.8. The SMILES string of the molecule is O=C(OCc1ccccc1)C1C2CCOC2CN1C(=O)OCc1ccccc1. The van der Waals surface area contributed by atoms with Gasteiger partial charge in [-0.05, 0) is 17.5 Å². The van der Waals surface area contributed by atoms with Crippen LogP contribution in [0.15, 0.2) is 60.7 Å². The lowest BCUT2D eigenvalue weighted by Gasteiger charge is -2.25. The minimum absolute atomic E-state index is 0.0486. The molecule has 2 fully saturated rings. The molecule has 0 bridgehead atoms. The van der Waals surface area contributed by atoms with Crippen molar-refractivity contribution in [1.82, 2.24) is 4.90 Å². The van der Waals surface area contributed by atoms with Gasteiger partial charge in [0, 0.05) is 12.5 Å². The molecule has 28 heavy (non-hydrogen) atoms. The quantitative estimate of drug-likeness (QED) is 0.745. The van der Waals surface area contributed by atoms with Crippen molar-refractivity contribution in [1.29, 1.82) is 0 Å². The summed E-state index contributed by atoms with van der Waals surface area (Å²) in [5.41, 5.74) is 1.81. The summed E-state index contributed by atoms with van der Waals surface area (Å²) in [5, 5.41) is 0. The molecule has 146 valence electrons. The van der Waals surface area contributed by atoms with Crippen LogP contribution in [-0.4, -0.2) is 42.3 Å². The second-order valence-corrected chi connectivity index (χ2v) is 7.09. The lowest BCUT2D eigenvalue weighted by Crippen LogP contribution is -2.44. The van der Waals surface area contributed by atoms with Gasteiger partial charge in [0.25, 0.3) is 0 Å². The van der Waals surface area contributed by atoms with Gasteiger partial charge >= 0.3 is 12.1 Å².